The fraction of sp³-hybridized carbons (Fsp3) is 0.226. The normalized spacial score (nSPS) is 19.3. The van der Waals surface area contributed by atoms with E-state index in [9.17, 15) is 19.2 Å². The minimum Gasteiger partial charge on any atom is -0.497 e. The number of nitrogens with one attached hydrogen (secondary N) is 1. The molecule has 3 heterocycles. The fourth-order valence-corrected chi connectivity index (χ4v) is 8.31. The molecule has 2 aliphatic rings. The van der Waals surface area contributed by atoms with E-state index in [0.717, 1.165) is 16.9 Å². The number of benzene rings is 3. The summed E-state index contributed by atoms with van der Waals surface area (Å²) in [6.07, 6.45) is 0. The number of fused-ring (bicyclic) bond motifs is 2. The van der Waals surface area contributed by atoms with Crippen LogP contribution in [0.15, 0.2) is 82.6 Å². The summed E-state index contributed by atoms with van der Waals surface area (Å²) in [5.41, 5.74) is 2.70. The van der Waals surface area contributed by atoms with Gasteiger partial charge in [0.1, 0.15) is 23.3 Å². The van der Waals surface area contributed by atoms with Crippen molar-refractivity contribution in [2.24, 2.45) is 5.92 Å². The van der Waals surface area contributed by atoms with Crippen molar-refractivity contribution in [3.63, 3.8) is 0 Å². The fourth-order valence-electron chi connectivity index (χ4n) is 5.55. The Labute approximate surface area is 250 Å². The summed E-state index contributed by atoms with van der Waals surface area (Å²) in [5.74, 6) is -1.34. The average Bonchev–Trinajstić information content (AvgIpc) is 3.44. The maximum absolute atomic E-state index is 14.1. The van der Waals surface area contributed by atoms with Crippen LogP contribution in [-0.4, -0.2) is 41.8 Å². The summed E-state index contributed by atoms with van der Waals surface area (Å²) in [6.45, 7) is 1.66. The molecule has 214 valence electrons. The van der Waals surface area contributed by atoms with Crippen molar-refractivity contribution in [3.05, 3.63) is 98.5 Å². The lowest BCUT2D eigenvalue weighted by Crippen LogP contribution is -2.33. The standard InChI is InChI=1S/C31H27N3O6S2/c1-17-8-4-6-10-21(17)32-23(35)16-33-30-27(42-31(33)38)24(20-9-5-7-11-22(20)40-3)25-26(41-30)29(37)34(28(25)36)18-12-14-19(39-2)15-13-18/h4-15,24-26H,16H2,1-3H3,(H,32,35). The molecule has 0 spiro atoms. The molecule has 1 N–H and O–H groups in total. The molecule has 3 unspecified atom stereocenters. The zero-order valence-corrected chi connectivity index (χ0v) is 24.7. The van der Waals surface area contributed by atoms with E-state index in [0.29, 0.717) is 38.3 Å². The molecule has 11 heteroatoms. The summed E-state index contributed by atoms with van der Waals surface area (Å²) in [6, 6.07) is 21.5. The number of amides is 3. The van der Waals surface area contributed by atoms with E-state index in [4.69, 9.17) is 9.47 Å². The molecule has 1 aromatic heterocycles. The zero-order chi connectivity index (χ0) is 29.5. The molecule has 3 atom stereocenters. The van der Waals surface area contributed by atoms with Crippen molar-refractivity contribution in [1.29, 1.82) is 0 Å². The third-order valence-corrected chi connectivity index (χ3v) is 10.2. The van der Waals surface area contributed by atoms with Crippen molar-refractivity contribution >= 4 is 52.2 Å². The van der Waals surface area contributed by atoms with Crippen molar-refractivity contribution in [2.75, 3.05) is 24.4 Å². The molecule has 6 rings (SSSR count). The first kappa shape index (κ1) is 27.8. The molecule has 0 aliphatic carbocycles. The van der Waals surface area contributed by atoms with Gasteiger partial charge in [0.15, 0.2) is 0 Å². The number of nitrogens with zero attached hydrogens (tertiary/aromatic N) is 2. The number of methoxy groups -OCH3 is 2. The van der Waals surface area contributed by atoms with Gasteiger partial charge < -0.3 is 14.8 Å². The summed E-state index contributed by atoms with van der Waals surface area (Å²) in [4.78, 5) is 56.0. The minimum absolute atomic E-state index is 0.230. The second-order valence-electron chi connectivity index (χ2n) is 9.98. The van der Waals surface area contributed by atoms with Crippen LogP contribution >= 0.6 is 23.1 Å². The van der Waals surface area contributed by atoms with Crippen LogP contribution in [-0.2, 0) is 20.9 Å². The number of para-hydroxylation sites is 2. The van der Waals surface area contributed by atoms with Crippen LogP contribution in [0.3, 0.4) is 0 Å². The number of anilines is 2. The van der Waals surface area contributed by atoms with Gasteiger partial charge in [0.2, 0.25) is 17.7 Å². The van der Waals surface area contributed by atoms with Crippen LogP contribution in [0.25, 0.3) is 0 Å². The summed E-state index contributed by atoms with van der Waals surface area (Å²) < 4.78 is 12.3. The highest BCUT2D eigenvalue weighted by Crippen LogP contribution is 2.55. The quantitative estimate of drug-likeness (QED) is 0.307. The lowest BCUT2D eigenvalue weighted by atomic mass is 9.82. The first-order chi connectivity index (χ1) is 20.3. The van der Waals surface area contributed by atoms with Crippen LogP contribution in [0.2, 0.25) is 0 Å². The first-order valence-corrected chi connectivity index (χ1v) is 14.9. The molecular formula is C31H27N3O6S2. The predicted octanol–water partition coefficient (Wildman–Crippen LogP) is 4.67. The number of hydrogen-bond acceptors (Lipinski definition) is 8. The number of aryl methyl sites for hydroxylation is 1. The molecule has 3 amide bonds. The maximum atomic E-state index is 14.1. The zero-order valence-electron chi connectivity index (χ0n) is 23.0. The molecule has 2 aliphatic heterocycles. The monoisotopic (exact) mass is 601 g/mol. The molecule has 0 bridgehead atoms. The largest absolute Gasteiger partial charge is 0.497 e. The average molecular weight is 602 g/mol. The Morgan fingerprint density at radius 1 is 0.905 bits per heavy atom. The Morgan fingerprint density at radius 2 is 1.62 bits per heavy atom. The number of aromatic nitrogens is 1. The minimum atomic E-state index is -0.804. The van der Waals surface area contributed by atoms with Gasteiger partial charge in [-0.2, -0.15) is 0 Å². The predicted molar refractivity (Wildman–Crippen MR) is 162 cm³/mol. The number of ether oxygens (including phenoxy) is 2. The Balaban J connectivity index is 1.43. The van der Waals surface area contributed by atoms with Crippen molar-refractivity contribution in [1.82, 2.24) is 4.57 Å². The Morgan fingerprint density at radius 3 is 2.33 bits per heavy atom. The molecule has 42 heavy (non-hydrogen) atoms. The highest BCUT2D eigenvalue weighted by molar-refractivity contribution is 8.00. The molecule has 1 saturated heterocycles. The second kappa shape index (κ2) is 11.1. The van der Waals surface area contributed by atoms with Crippen molar-refractivity contribution < 1.29 is 23.9 Å². The number of thiazole rings is 1. The Kier molecular flexibility index (Phi) is 7.38. The molecule has 0 saturated carbocycles. The van der Waals surface area contributed by atoms with Gasteiger partial charge in [0.05, 0.1) is 30.9 Å². The number of thioether (sulfide) groups is 1. The van der Waals surface area contributed by atoms with Gasteiger partial charge in [-0.3, -0.25) is 23.7 Å². The van der Waals surface area contributed by atoms with E-state index >= 15 is 0 Å². The molecule has 9 nitrogen and oxygen atoms in total. The summed E-state index contributed by atoms with van der Waals surface area (Å²) >= 11 is 2.17. The van der Waals surface area contributed by atoms with E-state index in [1.54, 1.807) is 50.6 Å². The molecular weight excluding hydrogens is 574 g/mol. The third-order valence-electron chi connectivity index (χ3n) is 7.57. The van der Waals surface area contributed by atoms with E-state index in [2.05, 4.69) is 5.32 Å². The van der Waals surface area contributed by atoms with Gasteiger partial charge in [-0.15, -0.1) is 0 Å². The van der Waals surface area contributed by atoms with Crippen LogP contribution in [0.1, 0.15) is 21.9 Å². The van der Waals surface area contributed by atoms with Crippen LogP contribution in [0.4, 0.5) is 11.4 Å². The smallest absolute Gasteiger partial charge is 0.308 e. The molecule has 3 aromatic carbocycles. The highest BCUT2D eigenvalue weighted by Gasteiger charge is 2.57. The lowest BCUT2D eigenvalue weighted by molar-refractivity contribution is -0.122. The van der Waals surface area contributed by atoms with E-state index in [-0.39, 0.29) is 29.1 Å². The van der Waals surface area contributed by atoms with Crippen molar-refractivity contribution in [2.45, 2.75) is 29.7 Å². The van der Waals surface area contributed by atoms with Gasteiger partial charge in [0.25, 0.3) is 0 Å². The van der Waals surface area contributed by atoms with Gasteiger partial charge in [-0.25, -0.2) is 4.90 Å². The van der Waals surface area contributed by atoms with Gasteiger partial charge in [-0.05, 0) is 48.9 Å². The summed E-state index contributed by atoms with van der Waals surface area (Å²) in [5, 5.41) is 2.59. The SMILES string of the molecule is COc1ccc(N2C(=O)C3Sc4c(sc(=O)n4CC(=O)Nc4ccccc4C)C(c4ccccc4OC)C3C2=O)cc1. The topological polar surface area (TPSA) is 107 Å². The number of hydrogen-bond donors (Lipinski definition) is 1. The summed E-state index contributed by atoms with van der Waals surface area (Å²) in [7, 11) is 3.09. The number of imide groups is 1. The van der Waals surface area contributed by atoms with Crippen molar-refractivity contribution in [3.8, 4) is 11.5 Å². The molecule has 4 aromatic rings. The second-order valence-corrected chi connectivity index (χ2v) is 12.1. The van der Waals surface area contributed by atoms with Crippen LogP contribution in [0, 0.1) is 12.8 Å². The number of carbonyl (C=O) groups is 3. The van der Waals surface area contributed by atoms with E-state index in [1.165, 1.54) is 21.2 Å². The highest BCUT2D eigenvalue weighted by atomic mass is 32.2. The van der Waals surface area contributed by atoms with E-state index in [1.807, 2.05) is 43.3 Å². The number of carbonyl (C=O) groups excluding carboxylic acids is 3. The maximum Gasteiger partial charge on any atom is 0.308 e. The lowest BCUT2D eigenvalue weighted by Gasteiger charge is -2.31. The van der Waals surface area contributed by atoms with Gasteiger partial charge in [-0.1, -0.05) is 59.5 Å². The van der Waals surface area contributed by atoms with Crippen LogP contribution < -0.4 is 24.6 Å². The Hall–Kier alpha value is -4.35. The van der Waals surface area contributed by atoms with E-state index < -0.39 is 17.1 Å². The molecule has 0 radical (unpaired) electrons. The van der Waals surface area contributed by atoms with Crippen LogP contribution in [0.5, 0.6) is 11.5 Å². The van der Waals surface area contributed by atoms with Gasteiger partial charge >= 0.3 is 4.87 Å². The third kappa shape index (κ3) is 4.68. The first-order valence-electron chi connectivity index (χ1n) is 13.2. The Bertz CT molecular complexity index is 1760. The number of rotatable bonds is 7. The molecule has 1 fully saturated rings. The van der Waals surface area contributed by atoms with Gasteiger partial charge in [0, 0.05) is 22.0 Å².